The molecule has 1 saturated carbocycles. The number of nitrogens with zero attached hydrogens (tertiary/aromatic N) is 7. The van der Waals surface area contributed by atoms with Gasteiger partial charge in [0.25, 0.3) is 0 Å². The van der Waals surface area contributed by atoms with Crippen molar-refractivity contribution in [3.8, 4) is 16.8 Å². The number of aromatic nitrogens is 6. The second-order valence-corrected chi connectivity index (χ2v) is 9.90. The standard InChI is InChI=1S/C25H27N9/c1-25(2,3)34-20-8-6-16(17-11-28-24(26)29-12-17)10-19(20)32-23(34)22-21(33-14-27-13-30-33)9-7-18(31-22)15-4-5-15/h6-15,23,32H,4-5H2,1-3H3,(H2,26,28,29). The van der Waals surface area contributed by atoms with Crippen LogP contribution in [0.5, 0.6) is 0 Å². The Morgan fingerprint density at radius 1 is 1.00 bits per heavy atom. The summed E-state index contributed by atoms with van der Waals surface area (Å²) < 4.78 is 1.79. The summed E-state index contributed by atoms with van der Waals surface area (Å²) in [7, 11) is 0. The molecule has 2 aliphatic rings. The molecular weight excluding hydrogens is 426 g/mol. The molecular formula is C25H27N9. The van der Waals surface area contributed by atoms with Gasteiger partial charge in [-0.3, -0.25) is 4.98 Å². The molecule has 3 aromatic heterocycles. The minimum absolute atomic E-state index is 0.161. The molecule has 9 nitrogen and oxygen atoms in total. The highest BCUT2D eigenvalue weighted by molar-refractivity contribution is 5.83. The molecule has 1 aromatic carbocycles. The number of hydrogen-bond acceptors (Lipinski definition) is 8. The summed E-state index contributed by atoms with van der Waals surface area (Å²) in [6, 6.07) is 10.6. The maximum atomic E-state index is 5.68. The molecule has 0 spiro atoms. The Morgan fingerprint density at radius 3 is 2.44 bits per heavy atom. The molecule has 0 amide bonds. The van der Waals surface area contributed by atoms with Crippen LogP contribution in [0.2, 0.25) is 0 Å². The van der Waals surface area contributed by atoms with Crippen molar-refractivity contribution in [2.24, 2.45) is 0 Å². The van der Waals surface area contributed by atoms with Gasteiger partial charge < -0.3 is 16.0 Å². The lowest BCUT2D eigenvalue weighted by Gasteiger charge is -2.39. The van der Waals surface area contributed by atoms with Crippen molar-refractivity contribution >= 4 is 17.3 Å². The van der Waals surface area contributed by atoms with Gasteiger partial charge in [-0.25, -0.2) is 19.6 Å². The topological polar surface area (TPSA) is 111 Å². The molecule has 3 N–H and O–H groups in total. The van der Waals surface area contributed by atoms with E-state index in [0.717, 1.165) is 39.6 Å². The highest BCUT2D eigenvalue weighted by atomic mass is 15.4. The molecule has 1 aliphatic heterocycles. The number of nitrogen functional groups attached to an aromatic ring is 1. The molecule has 1 unspecified atom stereocenters. The molecule has 4 aromatic rings. The summed E-state index contributed by atoms with van der Waals surface area (Å²) in [5.41, 5.74) is 12.6. The molecule has 6 rings (SSSR count). The maximum Gasteiger partial charge on any atom is 0.219 e. The van der Waals surface area contributed by atoms with Crippen molar-refractivity contribution in [1.82, 2.24) is 29.7 Å². The van der Waals surface area contributed by atoms with Gasteiger partial charge in [0.15, 0.2) is 0 Å². The number of nitrogens with one attached hydrogen (secondary N) is 1. The zero-order chi connectivity index (χ0) is 23.4. The van der Waals surface area contributed by atoms with Crippen LogP contribution in [0.3, 0.4) is 0 Å². The fourth-order valence-corrected chi connectivity index (χ4v) is 4.64. The number of hydrogen-bond donors (Lipinski definition) is 2. The maximum absolute atomic E-state index is 5.68. The summed E-state index contributed by atoms with van der Waals surface area (Å²) in [6.45, 7) is 6.66. The summed E-state index contributed by atoms with van der Waals surface area (Å²) in [4.78, 5) is 20.0. The molecule has 0 saturated heterocycles. The number of pyridine rings is 1. The highest BCUT2D eigenvalue weighted by Crippen LogP contribution is 2.48. The Hall–Kier alpha value is -4.01. The van der Waals surface area contributed by atoms with Crippen LogP contribution >= 0.6 is 0 Å². The first-order valence-corrected chi connectivity index (χ1v) is 11.5. The molecule has 1 atom stereocenters. The van der Waals surface area contributed by atoms with E-state index in [-0.39, 0.29) is 17.7 Å². The Morgan fingerprint density at radius 2 is 1.76 bits per heavy atom. The van der Waals surface area contributed by atoms with E-state index in [9.17, 15) is 0 Å². The van der Waals surface area contributed by atoms with E-state index in [1.54, 1.807) is 29.7 Å². The van der Waals surface area contributed by atoms with Gasteiger partial charge in [-0.15, -0.1) is 0 Å². The van der Waals surface area contributed by atoms with Crippen molar-refractivity contribution in [2.45, 2.75) is 51.2 Å². The fourth-order valence-electron chi connectivity index (χ4n) is 4.64. The monoisotopic (exact) mass is 453 g/mol. The zero-order valence-electron chi connectivity index (χ0n) is 19.5. The fraction of sp³-hybridized carbons (Fsp3) is 0.320. The van der Waals surface area contributed by atoms with E-state index in [1.807, 2.05) is 0 Å². The van der Waals surface area contributed by atoms with Crippen LogP contribution in [-0.2, 0) is 0 Å². The van der Waals surface area contributed by atoms with Crippen LogP contribution in [0.25, 0.3) is 16.8 Å². The van der Waals surface area contributed by atoms with E-state index in [2.05, 4.69) is 81.4 Å². The van der Waals surface area contributed by atoms with E-state index in [4.69, 9.17) is 10.7 Å². The van der Waals surface area contributed by atoms with Crippen LogP contribution < -0.4 is 16.0 Å². The predicted molar refractivity (Wildman–Crippen MR) is 132 cm³/mol. The minimum atomic E-state index is -0.161. The molecule has 1 aliphatic carbocycles. The van der Waals surface area contributed by atoms with E-state index in [0.29, 0.717) is 5.92 Å². The highest BCUT2D eigenvalue weighted by Gasteiger charge is 2.40. The third-order valence-electron chi connectivity index (χ3n) is 6.38. The SMILES string of the molecule is CC(C)(C)N1c2ccc(-c3cnc(N)nc3)cc2NC1c1nc(C2CC2)ccc1-n1cncn1. The van der Waals surface area contributed by atoms with Gasteiger partial charge in [-0.1, -0.05) is 6.07 Å². The lowest BCUT2D eigenvalue weighted by atomic mass is 10.0. The van der Waals surface area contributed by atoms with E-state index < -0.39 is 0 Å². The van der Waals surface area contributed by atoms with Gasteiger partial charge in [-0.2, -0.15) is 5.10 Å². The third kappa shape index (κ3) is 3.53. The smallest absolute Gasteiger partial charge is 0.219 e. The largest absolute Gasteiger partial charge is 0.368 e. The number of rotatable bonds is 4. The van der Waals surface area contributed by atoms with Gasteiger partial charge in [0.1, 0.15) is 24.5 Å². The van der Waals surface area contributed by atoms with Gasteiger partial charge in [0.05, 0.1) is 17.1 Å². The summed E-state index contributed by atoms with van der Waals surface area (Å²) >= 11 is 0. The van der Waals surface area contributed by atoms with Gasteiger partial charge in [0.2, 0.25) is 5.95 Å². The van der Waals surface area contributed by atoms with Crippen LogP contribution in [0.1, 0.15) is 57.1 Å². The molecule has 1 fully saturated rings. The molecule has 4 heterocycles. The Kier molecular flexibility index (Phi) is 4.55. The van der Waals surface area contributed by atoms with Crippen molar-refractivity contribution < 1.29 is 0 Å². The second kappa shape index (κ2) is 7.51. The molecule has 172 valence electrons. The Balaban J connectivity index is 1.47. The summed E-state index contributed by atoms with van der Waals surface area (Å²) in [6.07, 6.45) is 9.01. The number of nitrogens with two attached hydrogens (primary N) is 1. The minimum Gasteiger partial charge on any atom is -0.368 e. The number of fused-ring (bicyclic) bond motifs is 1. The van der Waals surface area contributed by atoms with Crippen molar-refractivity contribution in [3.05, 3.63) is 66.8 Å². The van der Waals surface area contributed by atoms with Crippen LogP contribution in [-0.4, -0.2) is 35.3 Å². The van der Waals surface area contributed by atoms with Crippen molar-refractivity contribution in [1.29, 1.82) is 0 Å². The number of benzene rings is 1. The van der Waals surface area contributed by atoms with E-state index >= 15 is 0 Å². The lowest BCUT2D eigenvalue weighted by Crippen LogP contribution is -2.44. The van der Waals surface area contributed by atoms with Crippen LogP contribution in [0.4, 0.5) is 17.3 Å². The normalized spacial score (nSPS) is 17.5. The number of anilines is 3. The average Bonchev–Trinajstić information content (AvgIpc) is 3.37. The van der Waals surface area contributed by atoms with Gasteiger partial charge >= 0.3 is 0 Å². The molecule has 9 heteroatoms. The Bertz CT molecular complexity index is 1340. The quantitative estimate of drug-likeness (QED) is 0.470. The third-order valence-corrected chi connectivity index (χ3v) is 6.38. The van der Waals surface area contributed by atoms with Crippen molar-refractivity contribution in [3.63, 3.8) is 0 Å². The van der Waals surface area contributed by atoms with E-state index in [1.165, 1.54) is 12.8 Å². The molecule has 0 radical (unpaired) electrons. The second-order valence-electron chi connectivity index (χ2n) is 9.90. The first-order valence-electron chi connectivity index (χ1n) is 11.5. The van der Waals surface area contributed by atoms with Gasteiger partial charge in [0, 0.05) is 35.1 Å². The van der Waals surface area contributed by atoms with Gasteiger partial charge in [-0.05, 0) is 63.4 Å². The molecule has 0 bridgehead atoms. The first-order chi connectivity index (χ1) is 16.4. The summed E-state index contributed by atoms with van der Waals surface area (Å²) in [5, 5.41) is 8.16. The first kappa shape index (κ1) is 20.6. The van der Waals surface area contributed by atoms with Crippen LogP contribution in [0.15, 0.2) is 55.4 Å². The van der Waals surface area contributed by atoms with Crippen LogP contribution in [0, 0.1) is 0 Å². The lowest BCUT2D eigenvalue weighted by molar-refractivity contribution is 0.469. The van der Waals surface area contributed by atoms with Crippen molar-refractivity contribution in [2.75, 3.05) is 16.0 Å². The predicted octanol–water partition coefficient (Wildman–Crippen LogP) is 4.31. The average molecular weight is 454 g/mol. The molecule has 34 heavy (non-hydrogen) atoms. The Labute approximate surface area is 198 Å². The summed E-state index contributed by atoms with van der Waals surface area (Å²) in [5.74, 6) is 0.816. The zero-order valence-corrected chi connectivity index (χ0v) is 19.5.